The second-order valence-electron chi connectivity index (χ2n) is 7.50. The lowest BCUT2D eigenvalue weighted by Gasteiger charge is -2.41. The fourth-order valence-corrected chi connectivity index (χ4v) is 4.19. The van der Waals surface area contributed by atoms with Crippen LogP contribution in [-0.2, 0) is 19.2 Å². The highest BCUT2D eigenvalue weighted by molar-refractivity contribution is 5.86. The predicted molar refractivity (Wildman–Crippen MR) is 82.6 cm³/mol. The number of piperidine rings is 1. The van der Waals surface area contributed by atoms with E-state index in [1.165, 1.54) is 5.06 Å². The fraction of sp³-hybridized carbons (Fsp3) is 0.882. The van der Waals surface area contributed by atoms with Gasteiger partial charge in [-0.1, -0.05) is 0 Å². The van der Waals surface area contributed by atoms with Crippen molar-refractivity contribution in [1.82, 2.24) is 9.96 Å². The number of carbonyl (C=O) groups excluding carboxylic acids is 2. The van der Waals surface area contributed by atoms with Gasteiger partial charge in [0.1, 0.15) is 6.10 Å². The zero-order valence-corrected chi connectivity index (χ0v) is 13.9. The number of hydrogen-bond acceptors (Lipinski definition) is 4. The van der Waals surface area contributed by atoms with Gasteiger partial charge in [0.05, 0.1) is 12.7 Å². The van der Waals surface area contributed by atoms with Gasteiger partial charge in [-0.05, 0) is 50.9 Å². The van der Waals surface area contributed by atoms with Crippen LogP contribution in [-0.4, -0.2) is 65.9 Å². The van der Waals surface area contributed by atoms with E-state index in [9.17, 15) is 14.0 Å². The first-order chi connectivity index (χ1) is 11.6. The average Bonchev–Trinajstić information content (AvgIpc) is 3.02. The quantitative estimate of drug-likeness (QED) is 0.763. The van der Waals surface area contributed by atoms with Crippen molar-refractivity contribution < 1.29 is 23.6 Å². The zero-order chi connectivity index (χ0) is 16.7. The summed E-state index contributed by atoms with van der Waals surface area (Å²) in [6, 6.07) is 0. The molecule has 2 amide bonds. The Kier molecular flexibility index (Phi) is 4.24. The van der Waals surface area contributed by atoms with E-state index in [0.717, 1.165) is 25.7 Å². The summed E-state index contributed by atoms with van der Waals surface area (Å²) >= 11 is 0. The Hall–Kier alpha value is -1.21. The number of rotatable bonds is 2. The minimum Gasteiger partial charge on any atom is -0.363 e. The van der Waals surface area contributed by atoms with E-state index in [-0.39, 0.29) is 23.8 Å². The van der Waals surface area contributed by atoms with Gasteiger partial charge >= 0.3 is 0 Å². The van der Waals surface area contributed by atoms with Crippen LogP contribution < -0.4 is 0 Å². The van der Waals surface area contributed by atoms with Crippen LogP contribution in [0.15, 0.2) is 0 Å². The molecule has 0 N–H and O–H groups in total. The highest BCUT2D eigenvalue weighted by atomic mass is 19.1. The number of amides is 2. The van der Waals surface area contributed by atoms with E-state index in [2.05, 4.69) is 0 Å². The van der Waals surface area contributed by atoms with Crippen LogP contribution in [0.3, 0.4) is 0 Å². The smallest absolute Gasteiger partial charge is 0.275 e. The van der Waals surface area contributed by atoms with Crippen LogP contribution in [0.1, 0.15) is 44.9 Å². The number of halogens is 1. The maximum absolute atomic E-state index is 14.4. The molecule has 3 saturated heterocycles. The molecule has 1 aliphatic carbocycles. The summed E-state index contributed by atoms with van der Waals surface area (Å²) in [6.07, 6.45) is 4.18. The summed E-state index contributed by atoms with van der Waals surface area (Å²) in [5.41, 5.74) is -1.65. The van der Waals surface area contributed by atoms with E-state index >= 15 is 0 Å². The summed E-state index contributed by atoms with van der Waals surface area (Å²) in [6.45, 7) is 2.16. The Morgan fingerprint density at radius 3 is 2.62 bits per heavy atom. The van der Waals surface area contributed by atoms with Crippen LogP contribution in [0.4, 0.5) is 4.39 Å². The Morgan fingerprint density at radius 2 is 1.96 bits per heavy atom. The Balaban J connectivity index is 1.35. The van der Waals surface area contributed by atoms with Gasteiger partial charge < -0.3 is 9.64 Å². The van der Waals surface area contributed by atoms with Crippen molar-refractivity contribution in [3.63, 3.8) is 0 Å². The number of fused-ring (bicyclic) bond motifs is 1. The van der Waals surface area contributed by atoms with E-state index in [1.54, 1.807) is 4.90 Å². The molecule has 3 atom stereocenters. The highest BCUT2D eigenvalue weighted by Crippen LogP contribution is 2.40. The standard InChI is InChI=1S/C17H25FN2O4/c18-17(5-3-6-17)16(22)19-8-4-12-10-13(24-14(12)11-19)15(21)20-7-1-2-9-23-20/h12-14H,1-11H2/t12-,13-,14+/m0/s1. The molecule has 0 aromatic rings. The molecule has 0 spiro atoms. The lowest BCUT2D eigenvalue weighted by atomic mass is 9.80. The first kappa shape index (κ1) is 16.3. The normalized spacial score (nSPS) is 35.3. The fourth-order valence-electron chi connectivity index (χ4n) is 4.19. The minimum atomic E-state index is -1.65. The Bertz CT molecular complexity index is 519. The van der Waals surface area contributed by atoms with Crippen molar-refractivity contribution in [3.8, 4) is 0 Å². The molecule has 0 aromatic heterocycles. The molecule has 7 heteroatoms. The minimum absolute atomic E-state index is 0.108. The van der Waals surface area contributed by atoms with E-state index in [0.29, 0.717) is 45.5 Å². The monoisotopic (exact) mass is 340 g/mol. The summed E-state index contributed by atoms with van der Waals surface area (Å²) in [4.78, 5) is 31.9. The maximum Gasteiger partial charge on any atom is 0.275 e. The SMILES string of the molecule is O=C([C@@H]1C[C@@H]2CCN(C(=O)C3(F)CCC3)C[C@H]2O1)N1CCCCO1. The molecule has 6 nitrogen and oxygen atoms in total. The molecular weight excluding hydrogens is 315 g/mol. The van der Waals surface area contributed by atoms with Crippen molar-refractivity contribution in [2.24, 2.45) is 5.92 Å². The molecule has 134 valence electrons. The average molecular weight is 340 g/mol. The molecule has 4 rings (SSSR count). The van der Waals surface area contributed by atoms with Gasteiger partial charge in [0.2, 0.25) is 0 Å². The van der Waals surface area contributed by atoms with Gasteiger partial charge in [0, 0.05) is 19.6 Å². The van der Waals surface area contributed by atoms with Gasteiger partial charge in [0.15, 0.2) is 5.67 Å². The maximum atomic E-state index is 14.4. The number of carbonyl (C=O) groups is 2. The molecule has 0 aromatic carbocycles. The van der Waals surface area contributed by atoms with Crippen molar-refractivity contribution >= 4 is 11.8 Å². The lowest BCUT2D eigenvalue weighted by molar-refractivity contribution is -0.206. The molecule has 4 fully saturated rings. The topological polar surface area (TPSA) is 59.1 Å². The Labute approximate surface area is 141 Å². The van der Waals surface area contributed by atoms with Crippen LogP contribution in [0.5, 0.6) is 0 Å². The van der Waals surface area contributed by atoms with Crippen LogP contribution >= 0.6 is 0 Å². The van der Waals surface area contributed by atoms with Gasteiger partial charge in [-0.15, -0.1) is 0 Å². The molecule has 0 bridgehead atoms. The zero-order valence-electron chi connectivity index (χ0n) is 13.9. The van der Waals surface area contributed by atoms with Crippen molar-refractivity contribution in [2.45, 2.75) is 62.8 Å². The summed E-state index contributed by atoms with van der Waals surface area (Å²) in [7, 11) is 0. The van der Waals surface area contributed by atoms with Gasteiger partial charge in [0.25, 0.3) is 11.8 Å². The molecule has 1 saturated carbocycles. The molecule has 4 aliphatic rings. The van der Waals surface area contributed by atoms with Crippen LogP contribution in [0.25, 0.3) is 0 Å². The number of hydrogen-bond donors (Lipinski definition) is 0. The summed E-state index contributed by atoms with van der Waals surface area (Å²) in [5, 5.41) is 1.43. The van der Waals surface area contributed by atoms with Crippen molar-refractivity contribution in [1.29, 1.82) is 0 Å². The third-order valence-electron chi connectivity index (χ3n) is 5.89. The van der Waals surface area contributed by atoms with Crippen molar-refractivity contribution in [3.05, 3.63) is 0 Å². The van der Waals surface area contributed by atoms with E-state index in [4.69, 9.17) is 9.57 Å². The summed E-state index contributed by atoms with van der Waals surface area (Å²) in [5.74, 6) is -0.224. The number of likely N-dealkylation sites (tertiary alicyclic amines) is 1. The summed E-state index contributed by atoms with van der Waals surface area (Å²) < 4.78 is 20.3. The molecule has 0 radical (unpaired) electrons. The van der Waals surface area contributed by atoms with Crippen molar-refractivity contribution in [2.75, 3.05) is 26.2 Å². The molecule has 3 heterocycles. The van der Waals surface area contributed by atoms with Gasteiger partial charge in [-0.25, -0.2) is 9.45 Å². The van der Waals surface area contributed by atoms with Crippen LogP contribution in [0.2, 0.25) is 0 Å². The largest absolute Gasteiger partial charge is 0.363 e. The number of hydroxylamine groups is 2. The third kappa shape index (κ3) is 2.81. The molecular formula is C17H25FN2O4. The second kappa shape index (κ2) is 6.26. The van der Waals surface area contributed by atoms with Gasteiger partial charge in [-0.2, -0.15) is 0 Å². The predicted octanol–water partition coefficient (Wildman–Crippen LogP) is 1.44. The van der Waals surface area contributed by atoms with E-state index < -0.39 is 11.8 Å². The number of alkyl halides is 1. The highest BCUT2D eigenvalue weighted by Gasteiger charge is 2.50. The first-order valence-corrected chi connectivity index (χ1v) is 9.15. The van der Waals surface area contributed by atoms with Gasteiger partial charge in [-0.3, -0.25) is 14.4 Å². The molecule has 24 heavy (non-hydrogen) atoms. The number of nitrogens with zero attached hydrogens (tertiary/aromatic N) is 2. The Morgan fingerprint density at radius 1 is 1.12 bits per heavy atom. The number of ether oxygens (including phenoxy) is 1. The van der Waals surface area contributed by atoms with E-state index in [1.807, 2.05) is 0 Å². The second-order valence-corrected chi connectivity index (χ2v) is 7.50. The lowest BCUT2D eigenvalue weighted by Crippen LogP contribution is -2.55. The first-order valence-electron chi connectivity index (χ1n) is 9.15. The molecule has 3 aliphatic heterocycles. The van der Waals surface area contributed by atoms with Crippen LogP contribution in [0, 0.1) is 5.92 Å². The third-order valence-corrected chi connectivity index (χ3v) is 5.89. The molecule has 0 unspecified atom stereocenters.